The third kappa shape index (κ3) is 3.53. The van der Waals surface area contributed by atoms with Gasteiger partial charge in [0.15, 0.2) is 11.5 Å². The first kappa shape index (κ1) is 12.0. The number of anilines is 1. The van der Waals surface area contributed by atoms with Crippen LogP contribution in [0.25, 0.3) is 0 Å². The standard InChI is InChI=1S/C13H19NO3/c1-13(2,3)17-7-6-14-10-4-5-11-12(8-10)16-9-15-11/h4-5,8,14H,6-7,9H2,1-3H3. The molecule has 17 heavy (non-hydrogen) atoms. The second-order valence-electron chi connectivity index (χ2n) is 4.96. The highest BCUT2D eigenvalue weighted by atomic mass is 16.7. The zero-order chi connectivity index (χ0) is 12.3. The normalized spacial score (nSPS) is 13.8. The summed E-state index contributed by atoms with van der Waals surface area (Å²) < 4.78 is 16.2. The maximum absolute atomic E-state index is 5.63. The Morgan fingerprint density at radius 1 is 1.24 bits per heavy atom. The van der Waals surface area contributed by atoms with Crippen LogP contribution in [0, 0.1) is 0 Å². The smallest absolute Gasteiger partial charge is 0.231 e. The van der Waals surface area contributed by atoms with E-state index in [0.717, 1.165) is 23.7 Å². The van der Waals surface area contributed by atoms with E-state index in [2.05, 4.69) is 5.32 Å². The van der Waals surface area contributed by atoms with Crippen molar-refractivity contribution in [3.8, 4) is 11.5 Å². The molecule has 0 saturated carbocycles. The van der Waals surface area contributed by atoms with E-state index in [-0.39, 0.29) is 5.60 Å². The molecule has 4 heteroatoms. The van der Waals surface area contributed by atoms with Crippen LogP contribution in [-0.4, -0.2) is 25.5 Å². The van der Waals surface area contributed by atoms with Crippen LogP contribution >= 0.6 is 0 Å². The average Bonchev–Trinajstić information content (AvgIpc) is 2.70. The molecule has 0 atom stereocenters. The molecule has 0 radical (unpaired) electrons. The summed E-state index contributed by atoms with van der Waals surface area (Å²) in [5.74, 6) is 1.60. The first-order valence-corrected chi connectivity index (χ1v) is 5.82. The Hall–Kier alpha value is -1.42. The summed E-state index contributed by atoms with van der Waals surface area (Å²) in [4.78, 5) is 0. The molecule has 0 saturated heterocycles. The van der Waals surface area contributed by atoms with Crippen molar-refractivity contribution in [2.24, 2.45) is 0 Å². The topological polar surface area (TPSA) is 39.7 Å². The predicted molar refractivity (Wildman–Crippen MR) is 66.8 cm³/mol. The molecule has 0 spiro atoms. The van der Waals surface area contributed by atoms with Crippen molar-refractivity contribution in [1.29, 1.82) is 0 Å². The van der Waals surface area contributed by atoms with Crippen LogP contribution in [0.1, 0.15) is 20.8 Å². The number of rotatable bonds is 4. The van der Waals surface area contributed by atoms with Crippen LogP contribution in [0.15, 0.2) is 18.2 Å². The van der Waals surface area contributed by atoms with Gasteiger partial charge in [0.25, 0.3) is 0 Å². The van der Waals surface area contributed by atoms with E-state index in [9.17, 15) is 0 Å². The lowest BCUT2D eigenvalue weighted by Gasteiger charge is -2.19. The van der Waals surface area contributed by atoms with Crippen molar-refractivity contribution < 1.29 is 14.2 Å². The number of fused-ring (bicyclic) bond motifs is 1. The molecule has 94 valence electrons. The van der Waals surface area contributed by atoms with Gasteiger partial charge in [-0.05, 0) is 32.9 Å². The third-order valence-corrected chi connectivity index (χ3v) is 2.34. The first-order valence-electron chi connectivity index (χ1n) is 5.82. The van der Waals surface area contributed by atoms with E-state index >= 15 is 0 Å². The van der Waals surface area contributed by atoms with Crippen LogP contribution < -0.4 is 14.8 Å². The van der Waals surface area contributed by atoms with Crippen molar-refractivity contribution in [2.45, 2.75) is 26.4 Å². The molecular weight excluding hydrogens is 218 g/mol. The molecule has 2 rings (SSSR count). The number of hydrogen-bond donors (Lipinski definition) is 1. The Morgan fingerprint density at radius 3 is 2.76 bits per heavy atom. The van der Waals surface area contributed by atoms with Gasteiger partial charge in [0.05, 0.1) is 12.2 Å². The Kier molecular flexibility index (Phi) is 3.43. The van der Waals surface area contributed by atoms with Crippen molar-refractivity contribution in [3.63, 3.8) is 0 Å². The van der Waals surface area contributed by atoms with E-state index in [1.807, 2.05) is 39.0 Å². The van der Waals surface area contributed by atoms with Gasteiger partial charge in [-0.1, -0.05) is 0 Å². The number of benzene rings is 1. The monoisotopic (exact) mass is 237 g/mol. The largest absolute Gasteiger partial charge is 0.454 e. The number of nitrogens with one attached hydrogen (secondary N) is 1. The first-order chi connectivity index (χ1) is 8.04. The third-order valence-electron chi connectivity index (χ3n) is 2.34. The van der Waals surface area contributed by atoms with Crippen LogP contribution in [-0.2, 0) is 4.74 Å². The molecule has 0 fully saturated rings. The molecule has 4 nitrogen and oxygen atoms in total. The second-order valence-corrected chi connectivity index (χ2v) is 4.96. The average molecular weight is 237 g/mol. The quantitative estimate of drug-likeness (QED) is 0.817. The minimum atomic E-state index is -0.0867. The van der Waals surface area contributed by atoms with E-state index in [1.165, 1.54) is 0 Å². The lowest BCUT2D eigenvalue weighted by atomic mass is 10.2. The lowest BCUT2D eigenvalue weighted by molar-refractivity contribution is 0.00333. The van der Waals surface area contributed by atoms with Gasteiger partial charge in [0, 0.05) is 18.3 Å². The van der Waals surface area contributed by atoms with E-state index in [4.69, 9.17) is 14.2 Å². The summed E-state index contributed by atoms with van der Waals surface area (Å²) in [6.45, 7) is 7.91. The van der Waals surface area contributed by atoms with Crippen LogP contribution in [0.4, 0.5) is 5.69 Å². The Balaban J connectivity index is 1.80. The fourth-order valence-electron chi connectivity index (χ4n) is 1.56. The van der Waals surface area contributed by atoms with Crippen molar-refractivity contribution in [3.05, 3.63) is 18.2 Å². The molecule has 0 aromatic heterocycles. The molecule has 1 aliphatic heterocycles. The fourth-order valence-corrected chi connectivity index (χ4v) is 1.56. The molecule has 0 bridgehead atoms. The minimum absolute atomic E-state index is 0.0867. The van der Waals surface area contributed by atoms with Crippen molar-refractivity contribution in [2.75, 3.05) is 25.3 Å². The molecule has 1 aromatic rings. The maximum Gasteiger partial charge on any atom is 0.231 e. The highest BCUT2D eigenvalue weighted by Gasteiger charge is 2.13. The molecule has 0 unspecified atom stereocenters. The van der Waals surface area contributed by atoms with Crippen LogP contribution in [0.5, 0.6) is 11.5 Å². The van der Waals surface area contributed by atoms with E-state index in [0.29, 0.717) is 13.4 Å². The molecule has 1 N–H and O–H groups in total. The minimum Gasteiger partial charge on any atom is -0.454 e. The van der Waals surface area contributed by atoms with E-state index < -0.39 is 0 Å². The molecular formula is C13H19NO3. The highest BCUT2D eigenvalue weighted by molar-refractivity contribution is 5.55. The molecule has 0 aliphatic carbocycles. The van der Waals surface area contributed by atoms with Gasteiger partial charge in [-0.25, -0.2) is 0 Å². The zero-order valence-electron chi connectivity index (χ0n) is 10.6. The van der Waals surface area contributed by atoms with Gasteiger partial charge in [-0.2, -0.15) is 0 Å². The number of hydrogen-bond acceptors (Lipinski definition) is 4. The summed E-state index contributed by atoms with van der Waals surface area (Å²) in [6, 6.07) is 5.83. The van der Waals surface area contributed by atoms with Gasteiger partial charge in [-0.3, -0.25) is 0 Å². The summed E-state index contributed by atoms with van der Waals surface area (Å²) in [7, 11) is 0. The lowest BCUT2D eigenvalue weighted by Crippen LogP contribution is -2.23. The Morgan fingerprint density at radius 2 is 2.00 bits per heavy atom. The van der Waals surface area contributed by atoms with Crippen molar-refractivity contribution in [1.82, 2.24) is 0 Å². The Bertz CT molecular complexity index is 385. The molecule has 1 aromatic carbocycles. The summed E-state index contributed by atoms with van der Waals surface area (Å²) in [6.07, 6.45) is 0. The van der Waals surface area contributed by atoms with Gasteiger partial charge < -0.3 is 19.5 Å². The van der Waals surface area contributed by atoms with Gasteiger partial charge in [0.1, 0.15) is 0 Å². The zero-order valence-corrected chi connectivity index (χ0v) is 10.6. The van der Waals surface area contributed by atoms with Gasteiger partial charge in [0.2, 0.25) is 6.79 Å². The second kappa shape index (κ2) is 4.84. The molecule has 0 amide bonds. The number of ether oxygens (including phenoxy) is 3. The van der Waals surface area contributed by atoms with Crippen molar-refractivity contribution >= 4 is 5.69 Å². The summed E-state index contributed by atoms with van der Waals surface area (Å²) >= 11 is 0. The van der Waals surface area contributed by atoms with Crippen LogP contribution in [0.3, 0.4) is 0 Å². The van der Waals surface area contributed by atoms with Gasteiger partial charge in [-0.15, -0.1) is 0 Å². The van der Waals surface area contributed by atoms with E-state index in [1.54, 1.807) is 0 Å². The summed E-state index contributed by atoms with van der Waals surface area (Å²) in [5.41, 5.74) is 0.933. The SMILES string of the molecule is CC(C)(C)OCCNc1ccc2c(c1)OCO2. The predicted octanol–water partition coefficient (Wildman–Crippen LogP) is 2.64. The maximum atomic E-state index is 5.63. The van der Waals surface area contributed by atoms with Crippen LogP contribution in [0.2, 0.25) is 0 Å². The van der Waals surface area contributed by atoms with Gasteiger partial charge >= 0.3 is 0 Å². The Labute approximate surface area is 102 Å². The molecule has 1 heterocycles. The highest BCUT2D eigenvalue weighted by Crippen LogP contribution is 2.34. The molecule has 1 aliphatic rings. The fraction of sp³-hybridized carbons (Fsp3) is 0.538. The summed E-state index contributed by atoms with van der Waals surface area (Å²) in [5, 5.41) is 3.29.